The van der Waals surface area contributed by atoms with Crippen molar-refractivity contribution in [3.8, 4) is 0 Å². The summed E-state index contributed by atoms with van der Waals surface area (Å²) in [5.74, 6) is -1.53. The van der Waals surface area contributed by atoms with Crippen LogP contribution in [0.25, 0.3) is 6.08 Å². The van der Waals surface area contributed by atoms with Crippen molar-refractivity contribution in [3.63, 3.8) is 0 Å². The largest absolute Gasteiger partial charge is 0.392 e. The van der Waals surface area contributed by atoms with E-state index in [0.717, 1.165) is 17.1 Å². The molecule has 8 atom stereocenters. The van der Waals surface area contributed by atoms with Crippen LogP contribution in [0, 0.1) is 24.2 Å². The summed E-state index contributed by atoms with van der Waals surface area (Å²) in [6.07, 6.45) is 0.130. The Hall–Kier alpha value is -1.65. The van der Waals surface area contributed by atoms with Crippen molar-refractivity contribution < 1.29 is 29.6 Å². The molecule has 8 unspecified atom stereocenters. The van der Waals surface area contributed by atoms with Gasteiger partial charge in [0, 0.05) is 11.3 Å². The Morgan fingerprint density at radius 3 is 2.56 bits per heavy atom. The number of fused-ring (bicyclic) bond motifs is 1. The average molecular weight is 523 g/mol. The fraction of sp³-hybridized carbons (Fsp3) is 0.741. The maximum absolute atomic E-state index is 13.2. The SMILES string of the molecule is C/C(=C\c1csc(C)n1)C(O)C1NC(=O)CC(O)C(C)(C)C(=O)C(C)C(O)C(C)CCCC2(C)OC12. The zero-order valence-electron chi connectivity index (χ0n) is 22.4. The number of aromatic nitrogens is 1. The quantitative estimate of drug-likeness (QED) is 0.449. The number of nitrogens with zero attached hydrogens (tertiary/aromatic N) is 1. The van der Waals surface area contributed by atoms with Crippen LogP contribution >= 0.6 is 11.3 Å². The molecule has 2 fully saturated rings. The van der Waals surface area contributed by atoms with Gasteiger partial charge in [-0.1, -0.05) is 34.1 Å². The van der Waals surface area contributed by atoms with E-state index in [-0.39, 0.29) is 18.1 Å². The predicted molar refractivity (Wildman–Crippen MR) is 139 cm³/mol. The van der Waals surface area contributed by atoms with E-state index < -0.39 is 53.3 Å². The summed E-state index contributed by atoms with van der Waals surface area (Å²) >= 11 is 1.52. The first kappa shape index (κ1) is 28.9. The van der Waals surface area contributed by atoms with Crippen LogP contribution < -0.4 is 5.32 Å². The van der Waals surface area contributed by atoms with Gasteiger partial charge in [0.25, 0.3) is 0 Å². The van der Waals surface area contributed by atoms with Crippen LogP contribution in [0.2, 0.25) is 0 Å². The Balaban J connectivity index is 1.88. The molecule has 1 aromatic rings. The highest BCUT2D eigenvalue weighted by molar-refractivity contribution is 7.09. The Bertz CT molecular complexity index is 991. The van der Waals surface area contributed by atoms with Gasteiger partial charge in [-0.25, -0.2) is 4.98 Å². The van der Waals surface area contributed by atoms with Crippen molar-refractivity contribution in [3.05, 3.63) is 21.7 Å². The minimum absolute atomic E-state index is 0.115. The van der Waals surface area contributed by atoms with Gasteiger partial charge in [-0.15, -0.1) is 11.3 Å². The van der Waals surface area contributed by atoms with Gasteiger partial charge in [-0.2, -0.15) is 0 Å². The van der Waals surface area contributed by atoms with Crippen LogP contribution in [-0.4, -0.2) is 68.1 Å². The molecule has 3 rings (SSSR count). The predicted octanol–water partition coefficient (Wildman–Crippen LogP) is 3.02. The summed E-state index contributed by atoms with van der Waals surface area (Å²) < 4.78 is 6.07. The molecular weight excluding hydrogens is 480 g/mol. The van der Waals surface area contributed by atoms with Crippen LogP contribution in [0.1, 0.15) is 77.9 Å². The third-order valence-corrected chi connectivity index (χ3v) is 8.89. The Labute approximate surface area is 218 Å². The van der Waals surface area contributed by atoms with E-state index >= 15 is 0 Å². The molecule has 9 heteroatoms. The number of amides is 1. The average Bonchev–Trinajstić information content (AvgIpc) is 3.30. The number of rotatable bonds is 3. The fourth-order valence-corrected chi connectivity index (χ4v) is 5.87. The van der Waals surface area contributed by atoms with E-state index in [0.29, 0.717) is 18.4 Å². The summed E-state index contributed by atoms with van der Waals surface area (Å²) in [6, 6.07) is -0.725. The molecule has 0 radical (unpaired) electrons. The number of epoxide rings is 1. The Morgan fingerprint density at radius 2 is 1.94 bits per heavy atom. The smallest absolute Gasteiger partial charge is 0.223 e. The molecule has 1 aromatic heterocycles. The third-order valence-electron chi connectivity index (χ3n) is 8.10. The summed E-state index contributed by atoms with van der Waals surface area (Å²) in [4.78, 5) is 30.7. The Kier molecular flexibility index (Phi) is 8.83. The molecule has 0 bridgehead atoms. The van der Waals surface area contributed by atoms with Gasteiger partial charge in [0.05, 0.1) is 52.5 Å². The number of nitrogens with one attached hydrogen (secondary N) is 1. The minimum atomic E-state index is -1.25. The van der Waals surface area contributed by atoms with Crippen molar-refractivity contribution in [2.75, 3.05) is 0 Å². The van der Waals surface area contributed by atoms with E-state index in [2.05, 4.69) is 10.3 Å². The van der Waals surface area contributed by atoms with Gasteiger partial charge < -0.3 is 25.4 Å². The molecule has 0 aromatic carbocycles. The molecule has 0 aliphatic carbocycles. The first-order valence-electron chi connectivity index (χ1n) is 12.8. The lowest BCUT2D eigenvalue weighted by Crippen LogP contribution is -2.51. The number of ether oxygens (including phenoxy) is 1. The first-order valence-corrected chi connectivity index (χ1v) is 13.7. The number of carbonyl (C=O) groups excluding carboxylic acids is 2. The summed E-state index contributed by atoms with van der Waals surface area (Å²) in [5.41, 5.74) is -0.368. The standard InChI is InChI=1S/C27H42N2O6S/c1-14-9-8-10-27(7)25(35-27)21(23(33)15(2)11-18-13-36-17(4)28-18)29-20(31)12-19(30)26(5,6)24(34)16(3)22(14)32/h11,13-14,16,19,21-23,25,30,32-33H,8-10,12H2,1-7H3,(H,29,31)/b15-11+. The van der Waals surface area contributed by atoms with Crippen molar-refractivity contribution in [1.29, 1.82) is 0 Å². The van der Waals surface area contributed by atoms with Crippen molar-refractivity contribution >= 4 is 29.1 Å². The van der Waals surface area contributed by atoms with Gasteiger partial charge >= 0.3 is 0 Å². The van der Waals surface area contributed by atoms with E-state index in [9.17, 15) is 24.9 Å². The molecule has 2 aliphatic heterocycles. The lowest BCUT2D eigenvalue weighted by atomic mass is 9.73. The second-order valence-electron chi connectivity index (χ2n) is 11.5. The summed E-state index contributed by atoms with van der Waals surface area (Å²) in [7, 11) is 0. The maximum atomic E-state index is 13.2. The van der Waals surface area contributed by atoms with E-state index in [1.807, 2.05) is 26.2 Å². The summed E-state index contributed by atoms with van der Waals surface area (Å²) in [6.45, 7) is 12.5. The minimum Gasteiger partial charge on any atom is -0.392 e. The van der Waals surface area contributed by atoms with Crippen molar-refractivity contribution in [2.45, 2.75) is 110 Å². The topological polar surface area (TPSA) is 132 Å². The van der Waals surface area contributed by atoms with Crippen LogP contribution in [0.15, 0.2) is 11.0 Å². The number of ketones is 1. The zero-order chi connectivity index (χ0) is 27.0. The highest BCUT2D eigenvalue weighted by Gasteiger charge is 2.58. The highest BCUT2D eigenvalue weighted by atomic mass is 32.1. The molecule has 1 amide bonds. The third kappa shape index (κ3) is 6.25. The number of aryl methyl sites for hydroxylation is 1. The van der Waals surface area contributed by atoms with Crippen LogP contribution in [0.3, 0.4) is 0 Å². The van der Waals surface area contributed by atoms with Gasteiger partial charge in [-0.3, -0.25) is 9.59 Å². The maximum Gasteiger partial charge on any atom is 0.223 e. The van der Waals surface area contributed by atoms with Crippen molar-refractivity contribution in [2.24, 2.45) is 17.3 Å². The van der Waals surface area contributed by atoms with Gasteiger partial charge in [0.1, 0.15) is 11.9 Å². The number of aliphatic hydroxyl groups is 3. The number of carbonyl (C=O) groups is 2. The van der Waals surface area contributed by atoms with Crippen molar-refractivity contribution in [1.82, 2.24) is 10.3 Å². The van der Waals surface area contributed by atoms with Gasteiger partial charge in [0.15, 0.2) is 0 Å². The molecule has 2 aliphatic rings. The monoisotopic (exact) mass is 522 g/mol. The second kappa shape index (κ2) is 11.0. The Morgan fingerprint density at radius 1 is 1.28 bits per heavy atom. The zero-order valence-corrected chi connectivity index (χ0v) is 23.3. The molecule has 3 heterocycles. The number of hydrogen-bond acceptors (Lipinski definition) is 8. The number of Topliss-reactive ketones (excluding diaryl/α,β-unsaturated/α-hetero) is 1. The van der Waals surface area contributed by atoms with Gasteiger partial charge in [0.2, 0.25) is 5.91 Å². The molecule has 0 spiro atoms. The second-order valence-corrected chi connectivity index (χ2v) is 12.6. The van der Waals surface area contributed by atoms with E-state index in [1.54, 1.807) is 33.8 Å². The lowest BCUT2D eigenvalue weighted by molar-refractivity contribution is -0.143. The van der Waals surface area contributed by atoms with Crippen LogP contribution in [-0.2, 0) is 14.3 Å². The first-order chi connectivity index (χ1) is 16.7. The molecule has 36 heavy (non-hydrogen) atoms. The van der Waals surface area contributed by atoms with Crippen LogP contribution in [0.4, 0.5) is 0 Å². The van der Waals surface area contributed by atoms with Gasteiger partial charge in [-0.05, 0) is 51.2 Å². The normalized spacial score (nSPS) is 37.3. The highest BCUT2D eigenvalue weighted by Crippen LogP contribution is 2.45. The number of thiazole rings is 1. The molecule has 202 valence electrons. The number of hydrogen-bond donors (Lipinski definition) is 4. The summed E-state index contributed by atoms with van der Waals surface area (Å²) in [5, 5.41) is 38.7. The number of aliphatic hydroxyl groups excluding tert-OH is 3. The van der Waals surface area contributed by atoms with E-state index in [1.165, 1.54) is 11.3 Å². The fourth-order valence-electron chi connectivity index (χ4n) is 5.30. The molecule has 4 N–H and O–H groups in total. The molecule has 0 saturated carbocycles. The molecule has 2 saturated heterocycles. The lowest BCUT2D eigenvalue weighted by Gasteiger charge is -2.34. The molecule has 8 nitrogen and oxygen atoms in total. The van der Waals surface area contributed by atoms with Crippen LogP contribution in [0.5, 0.6) is 0 Å². The van der Waals surface area contributed by atoms with E-state index in [4.69, 9.17) is 4.74 Å². The molecular formula is C27H42N2O6S.